The lowest BCUT2D eigenvalue weighted by Crippen LogP contribution is -2.31. The second-order valence-electron chi connectivity index (χ2n) is 5.97. The van der Waals surface area contributed by atoms with Crippen LogP contribution in [0, 0.1) is 5.92 Å². The Kier molecular flexibility index (Phi) is 7.12. The number of likely N-dealkylation sites (N-methyl/N-ethyl adjacent to an activating group) is 1. The van der Waals surface area contributed by atoms with Crippen LogP contribution in [0.2, 0.25) is 0 Å². The van der Waals surface area contributed by atoms with E-state index in [-0.39, 0.29) is 0 Å². The van der Waals surface area contributed by atoms with Crippen molar-refractivity contribution in [3.05, 3.63) is 11.9 Å². The molecule has 6 heteroatoms. The van der Waals surface area contributed by atoms with Gasteiger partial charge in [-0.1, -0.05) is 12.1 Å². The maximum absolute atomic E-state index is 5.41. The largest absolute Gasteiger partial charge is 0.381 e. The number of nitrogens with one attached hydrogen (secondary N) is 1. The average molecular weight is 295 g/mol. The Morgan fingerprint density at radius 3 is 3.00 bits per heavy atom. The van der Waals surface area contributed by atoms with Gasteiger partial charge in [0.25, 0.3) is 0 Å². The van der Waals surface area contributed by atoms with E-state index in [1.54, 1.807) is 0 Å². The van der Waals surface area contributed by atoms with Crippen LogP contribution in [0.15, 0.2) is 6.20 Å². The van der Waals surface area contributed by atoms with Gasteiger partial charge in [0, 0.05) is 39.0 Å². The molecule has 0 spiro atoms. The van der Waals surface area contributed by atoms with Crippen LogP contribution >= 0.6 is 0 Å². The van der Waals surface area contributed by atoms with Crippen LogP contribution < -0.4 is 5.32 Å². The molecule has 0 saturated carbocycles. The van der Waals surface area contributed by atoms with Crippen LogP contribution in [0.1, 0.15) is 31.9 Å². The first kappa shape index (κ1) is 16.4. The van der Waals surface area contributed by atoms with Crippen molar-refractivity contribution < 1.29 is 4.74 Å². The highest BCUT2D eigenvalue weighted by Crippen LogP contribution is 2.15. The first-order valence-corrected chi connectivity index (χ1v) is 8.14. The molecular weight excluding hydrogens is 266 g/mol. The molecule has 0 atom stereocenters. The molecule has 0 aliphatic carbocycles. The summed E-state index contributed by atoms with van der Waals surface area (Å²) >= 11 is 0. The van der Waals surface area contributed by atoms with Gasteiger partial charge in [0.1, 0.15) is 0 Å². The molecule has 1 aliphatic heterocycles. The molecule has 0 aromatic carbocycles. The minimum atomic E-state index is 0.785. The monoisotopic (exact) mass is 295 g/mol. The lowest BCUT2D eigenvalue weighted by molar-refractivity contribution is 0.0553. The first-order valence-electron chi connectivity index (χ1n) is 8.14. The molecule has 1 aliphatic rings. The minimum Gasteiger partial charge on any atom is -0.381 e. The van der Waals surface area contributed by atoms with Crippen molar-refractivity contribution in [3.8, 4) is 0 Å². The molecule has 1 N–H and O–H groups in total. The van der Waals surface area contributed by atoms with Crippen molar-refractivity contribution >= 4 is 0 Å². The van der Waals surface area contributed by atoms with Gasteiger partial charge in [0.15, 0.2) is 0 Å². The zero-order chi connectivity index (χ0) is 14.9. The minimum absolute atomic E-state index is 0.785. The quantitative estimate of drug-likeness (QED) is 0.692. The molecule has 1 aromatic heterocycles. The summed E-state index contributed by atoms with van der Waals surface area (Å²) < 4.78 is 7.35. The predicted octanol–water partition coefficient (Wildman–Crippen LogP) is 1.14. The third-order valence-corrected chi connectivity index (χ3v) is 3.94. The summed E-state index contributed by atoms with van der Waals surface area (Å²) in [6.07, 6.45) is 5.58. The zero-order valence-corrected chi connectivity index (χ0v) is 13.4. The molecule has 0 amide bonds. The second kappa shape index (κ2) is 9.12. The Morgan fingerprint density at radius 1 is 1.43 bits per heavy atom. The molecule has 120 valence electrons. The number of rotatable bonds is 9. The highest BCUT2D eigenvalue weighted by molar-refractivity contribution is 4.91. The van der Waals surface area contributed by atoms with Gasteiger partial charge in [-0.15, -0.1) is 5.10 Å². The topological polar surface area (TPSA) is 55.2 Å². The Hall–Kier alpha value is -0.980. The third kappa shape index (κ3) is 6.11. The molecule has 1 saturated heterocycles. The van der Waals surface area contributed by atoms with E-state index >= 15 is 0 Å². The van der Waals surface area contributed by atoms with Crippen molar-refractivity contribution in [2.75, 3.05) is 39.9 Å². The van der Waals surface area contributed by atoms with E-state index < -0.39 is 0 Å². The normalized spacial score (nSPS) is 16.7. The maximum atomic E-state index is 5.41. The molecule has 0 unspecified atom stereocenters. The number of hydrogen-bond acceptors (Lipinski definition) is 5. The highest BCUT2D eigenvalue weighted by Gasteiger charge is 2.15. The predicted molar refractivity (Wildman–Crippen MR) is 83.1 cm³/mol. The van der Waals surface area contributed by atoms with Gasteiger partial charge in [-0.2, -0.15) is 0 Å². The molecule has 0 radical (unpaired) electrons. The molecule has 6 nitrogen and oxygen atoms in total. The van der Waals surface area contributed by atoms with Crippen molar-refractivity contribution in [2.45, 2.75) is 39.3 Å². The number of aromatic nitrogens is 3. The summed E-state index contributed by atoms with van der Waals surface area (Å²) in [5, 5.41) is 11.7. The molecule has 1 fully saturated rings. The Morgan fingerprint density at radius 2 is 2.24 bits per heavy atom. The van der Waals surface area contributed by atoms with Crippen LogP contribution in [0.25, 0.3) is 0 Å². The summed E-state index contributed by atoms with van der Waals surface area (Å²) in [5.74, 6) is 0.785. The fourth-order valence-electron chi connectivity index (χ4n) is 2.66. The standard InChI is InChI=1S/C15H29N5O/c1-3-6-16-11-15-13-20(18-17-15)8-7-19(2)12-14-4-9-21-10-5-14/h13-14,16H,3-12H2,1-2H3. The Bertz CT molecular complexity index is 389. The van der Waals surface area contributed by atoms with Crippen molar-refractivity contribution in [2.24, 2.45) is 5.92 Å². The van der Waals surface area contributed by atoms with E-state index in [0.29, 0.717) is 0 Å². The van der Waals surface area contributed by atoms with Crippen molar-refractivity contribution in [3.63, 3.8) is 0 Å². The van der Waals surface area contributed by atoms with Gasteiger partial charge in [0.05, 0.1) is 12.2 Å². The van der Waals surface area contributed by atoms with E-state index in [4.69, 9.17) is 4.74 Å². The molecule has 0 bridgehead atoms. The number of nitrogens with zero attached hydrogens (tertiary/aromatic N) is 4. The SMILES string of the molecule is CCCNCc1cn(CCN(C)CC2CCOCC2)nn1. The molecular formula is C15H29N5O. The first-order chi connectivity index (χ1) is 10.3. The van der Waals surface area contributed by atoms with E-state index in [1.165, 1.54) is 12.8 Å². The van der Waals surface area contributed by atoms with Gasteiger partial charge < -0.3 is 15.0 Å². The van der Waals surface area contributed by atoms with Crippen LogP contribution in [0.5, 0.6) is 0 Å². The smallest absolute Gasteiger partial charge is 0.0964 e. The molecule has 1 aromatic rings. The summed E-state index contributed by atoms with van der Waals surface area (Å²) in [6, 6.07) is 0. The maximum Gasteiger partial charge on any atom is 0.0964 e. The van der Waals surface area contributed by atoms with Gasteiger partial charge in [0.2, 0.25) is 0 Å². The average Bonchev–Trinajstić information content (AvgIpc) is 2.94. The van der Waals surface area contributed by atoms with Gasteiger partial charge in [-0.3, -0.25) is 4.68 Å². The van der Waals surface area contributed by atoms with Crippen LogP contribution in [0.3, 0.4) is 0 Å². The third-order valence-electron chi connectivity index (χ3n) is 3.94. The molecule has 21 heavy (non-hydrogen) atoms. The number of ether oxygens (including phenoxy) is 1. The Balaban J connectivity index is 1.64. The highest BCUT2D eigenvalue weighted by atomic mass is 16.5. The fraction of sp³-hybridized carbons (Fsp3) is 0.867. The van der Waals surface area contributed by atoms with E-state index in [9.17, 15) is 0 Å². The van der Waals surface area contributed by atoms with Crippen LogP contribution in [-0.4, -0.2) is 59.8 Å². The Labute approximate surface area is 127 Å². The summed E-state index contributed by atoms with van der Waals surface area (Å²) in [5.41, 5.74) is 1.02. The van der Waals surface area contributed by atoms with Gasteiger partial charge in [-0.25, -0.2) is 0 Å². The summed E-state index contributed by atoms with van der Waals surface area (Å²) in [7, 11) is 2.19. The molecule has 2 heterocycles. The van der Waals surface area contributed by atoms with Crippen LogP contribution in [0.4, 0.5) is 0 Å². The lowest BCUT2D eigenvalue weighted by atomic mass is 10.00. The summed E-state index contributed by atoms with van der Waals surface area (Å²) in [6.45, 7) is 8.93. The second-order valence-corrected chi connectivity index (χ2v) is 5.97. The van der Waals surface area contributed by atoms with Crippen LogP contribution in [-0.2, 0) is 17.8 Å². The summed E-state index contributed by atoms with van der Waals surface area (Å²) in [4.78, 5) is 2.40. The van der Waals surface area contributed by atoms with E-state index in [1.807, 2.05) is 10.9 Å². The molecule has 2 rings (SSSR count). The number of hydrogen-bond donors (Lipinski definition) is 1. The fourth-order valence-corrected chi connectivity index (χ4v) is 2.66. The van der Waals surface area contributed by atoms with Crippen molar-refractivity contribution in [1.29, 1.82) is 0 Å². The van der Waals surface area contributed by atoms with Gasteiger partial charge >= 0.3 is 0 Å². The van der Waals surface area contributed by atoms with Crippen molar-refractivity contribution in [1.82, 2.24) is 25.2 Å². The van der Waals surface area contributed by atoms with Gasteiger partial charge in [-0.05, 0) is 38.8 Å². The lowest BCUT2D eigenvalue weighted by Gasteiger charge is -2.26. The van der Waals surface area contributed by atoms with E-state index in [0.717, 1.165) is 64.0 Å². The zero-order valence-electron chi connectivity index (χ0n) is 13.4. The van der Waals surface area contributed by atoms with E-state index in [2.05, 4.69) is 34.5 Å².